The number of aliphatic hydroxyl groups excluding tert-OH is 1. The van der Waals surface area contributed by atoms with Gasteiger partial charge in [-0.1, -0.05) is 48.0 Å². The quantitative estimate of drug-likeness (QED) is 0.901. The minimum Gasteiger partial charge on any atom is -0.487 e. The molecule has 0 bridgehead atoms. The fraction of sp³-hybridized carbons (Fsp3) is 0.294. The Balaban J connectivity index is 2.09. The Labute approximate surface area is 114 Å². The van der Waals surface area contributed by atoms with E-state index in [9.17, 15) is 5.11 Å². The van der Waals surface area contributed by atoms with Gasteiger partial charge in [-0.2, -0.15) is 0 Å². The smallest absolute Gasteiger partial charge is 0.126 e. The third-order valence-electron chi connectivity index (χ3n) is 3.27. The highest BCUT2D eigenvalue weighted by molar-refractivity contribution is 5.32. The van der Waals surface area contributed by atoms with Gasteiger partial charge >= 0.3 is 0 Å². The normalized spacial score (nSPS) is 13.9. The van der Waals surface area contributed by atoms with E-state index in [1.165, 1.54) is 5.56 Å². The van der Waals surface area contributed by atoms with Gasteiger partial charge in [-0.05, 0) is 38.0 Å². The molecule has 2 rings (SSSR count). The van der Waals surface area contributed by atoms with Crippen molar-refractivity contribution in [1.29, 1.82) is 0 Å². The van der Waals surface area contributed by atoms with E-state index in [-0.39, 0.29) is 6.10 Å². The first kappa shape index (κ1) is 13.6. The van der Waals surface area contributed by atoms with E-state index in [1.807, 2.05) is 69.3 Å². The largest absolute Gasteiger partial charge is 0.487 e. The van der Waals surface area contributed by atoms with Crippen LogP contribution in [0, 0.1) is 13.8 Å². The number of hydrogen-bond acceptors (Lipinski definition) is 2. The summed E-state index contributed by atoms with van der Waals surface area (Å²) in [6, 6.07) is 15.7. The number of hydrogen-bond donors (Lipinski definition) is 1. The Morgan fingerprint density at radius 2 is 1.58 bits per heavy atom. The van der Waals surface area contributed by atoms with Gasteiger partial charge in [0.05, 0.1) is 0 Å². The Morgan fingerprint density at radius 3 is 2.21 bits per heavy atom. The zero-order valence-electron chi connectivity index (χ0n) is 11.6. The van der Waals surface area contributed by atoms with Gasteiger partial charge < -0.3 is 9.84 Å². The molecule has 2 atom stereocenters. The molecule has 0 fully saturated rings. The fourth-order valence-corrected chi connectivity index (χ4v) is 1.99. The summed E-state index contributed by atoms with van der Waals surface area (Å²) in [5.74, 6) is 0.821. The highest BCUT2D eigenvalue weighted by Gasteiger charge is 2.18. The van der Waals surface area contributed by atoms with E-state index < -0.39 is 6.10 Å². The SMILES string of the molecule is Cc1ccc(C(O)C(C)Oc2ccccc2C)cc1. The molecule has 0 aliphatic heterocycles. The third-order valence-corrected chi connectivity index (χ3v) is 3.27. The van der Waals surface area contributed by atoms with Crippen LogP contribution in [-0.4, -0.2) is 11.2 Å². The number of aliphatic hydroxyl groups is 1. The van der Waals surface area contributed by atoms with E-state index in [4.69, 9.17) is 4.74 Å². The molecule has 2 aromatic rings. The highest BCUT2D eigenvalue weighted by atomic mass is 16.5. The van der Waals surface area contributed by atoms with E-state index in [0.717, 1.165) is 16.9 Å². The first-order valence-electron chi connectivity index (χ1n) is 6.55. The summed E-state index contributed by atoms with van der Waals surface area (Å²) in [6.45, 7) is 5.92. The van der Waals surface area contributed by atoms with E-state index in [0.29, 0.717) is 0 Å². The van der Waals surface area contributed by atoms with E-state index >= 15 is 0 Å². The molecule has 0 aliphatic rings. The van der Waals surface area contributed by atoms with Crippen molar-refractivity contribution in [1.82, 2.24) is 0 Å². The minimum absolute atomic E-state index is 0.288. The third kappa shape index (κ3) is 3.36. The molecule has 0 saturated heterocycles. The lowest BCUT2D eigenvalue weighted by Crippen LogP contribution is -2.22. The molecular formula is C17H20O2. The summed E-state index contributed by atoms with van der Waals surface area (Å²) in [7, 11) is 0. The van der Waals surface area contributed by atoms with Crippen LogP contribution in [0.25, 0.3) is 0 Å². The maximum absolute atomic E-state index is 10.3. The lowest BCUT2D eigenvalue weighted by molar-refractivity contribution is 0.0463. The summed E-state index contributed by atoms with van der Waals surface area (Å²) in [5, 5.41) is 10.3. The van der Waals surface area contributed by atoms with Crippen molar-refractivity contribution in [3.05, 3.63) is 65.2 Å². The second kappa shape index (κ2) is 5.89. The van der Waals surface area contributed by atoms with Crippen LogP contribution in [0.5, 0.6) is 5.75 Å². The molecule has 19 heavy (non-hydrogen) atoms. The minimum atomic E-state index is -0.625. The molecule has 0 heterocycles. The van der Waals surface area contributed by atoms with Crippen LogP contribution in [-0.2, 0) is 0 Å². The fourth-order valence-electron chi connectivity index (χ4n) is 1.99. The lowest BCUT2D eigenvalue weighted by Gasteiger charge is -2.22. The van der Waals surface area contributed by atoms with Crippen molar-refractivity contribution >= 4 is 0 Å². The van der Waals surface area contributed by atoms with Crippen LogP contribution in [0.1, 0.15) is 29.7 Å². The second-order valence-corrected chi connectivity index (χ2v) is 4.94. The Morgan fingerprint density at radius 1 is 0.947 bits per heavy atom. The molecule has 0 amide bonds. The zero-order valence-corrected chi connectivity index (χ0v) is 11.6. The van der Waals surface area contributed by atoms with Crippen molar-refractivity contribution in [2.24, 2.45) is 0 Å². The molecule has 0 aliphatic carbocycles. The molecule has 0 spiro atoms. The maximum Gasteiger partial charge on any atom is 0.126 e. The average Bonchev–Trinajstić information content (AvgIpc) is 2.41. The van der Waals surface area contributed by atoms with Gasteiger partial charge in [-0.15, -0.1) is 0 Å². The summed E-state index contributed by atoms with van der Waals surface area (Å²) < 4.78 is 5.84. The molecule has 0 radical (unpaired) electrons. The van der Waals surface area contributed by atoms with Crippen LogP contribution < -0.4 is 4.74 Å². The van der Waals surface area contributed by atoms with Crippen LogP contribution >= 0.6 is 0 Å². The van der Waals surface area contributed by atoms with Gasteiger partial charge in [0.1, 0.15) is 18.0 Å². The Kier molecular flexibility index (Phi) is 4.23. The number of ether oxygens (including phenoxy) is 1. The van der Waals surface area contributed by atoms with Crippen molar-refractivity contribution < 1.29 is 9.84 Å². The van der Waals surface area contributed by atoms with E-state index in [2.05, 4.69) is 0 Å². The Hall–Kier alpha value is -1.80. The lowest BCUT2D eigenvalue weighted by atomic mass is 10.0. The Bertz CT molecular complexity index is 531. The van der Waals surface area contributed by atoms with Crippen molar-refractivity contribution in [2.75, 3.05) is 0 Å². The van der Waals surface area contributed by atoms with Gasteiger partial charge in [0.2, 0.25) is 0 Å². The number of para-hydroxylation sites is 1. The highest BCUT2D eigenvalue weighted by Crippen LogP contribution is 2.24. The van der Waals surface area contributed by atoms with Gasteiger partial charge in [0.25, 0.3) is 0 Å². The first-order chi connectivity index (χ1) is 9.08. The molecular weight excluding hydrogens is 236 g/mol. The maximum atomic E-state index is 10.3. The topological polar surface area (TPSA) is 29.5 Å². The zero-order chi connectivity index (χ0) is 13.8. The number of rotatable bonds is 4. The molecule has 2 heteroatoms. The molecule has 2 unspecified atom stereocenters. The predicted molar refractivity (Wildman–Crippen MR) is 77.4 cm³/mol. The number of benzene rings is 2. The summed E-state index contributed by atoms with van der Waals surface area (Å²) in [5.41, 5.74) is 3.14. The molecule has 2 aromatic carbocycles. The van der Waals surface area contributed by atoms with Crippen LogP contribution in [0.3, 0.4) is 0 Å². The molecule has 0 aromatic heterocycles. The second-order valence-electron chi connectivity index (χ2n) is 4.94. The number of aryl methyl sites for hydroxylation is 2. The van der Waals surface area contributed by atoms with Gasteiger partial charge in [0.15, 0.2) is 0 Å². The monoisotopic (exact) mass is 256 g/mol. The van der Waals surface area contributed by atoms with Gasteiger partial charge in [-0.25, -0.2) is 0 Å². The summed E-state index contributed by atoms with van der Waals surface area (Å²) >= 11 is 0. The van der Waals surface area contributed by atoms with E-state index in [1.54, 1.807) is 0 Å². The summed E-state index contributed by atoms with van der Waals surface area (Å²) in [6.07, 6.45) is -0.913. The van der Waals surface area contributed by atoms with Crippen LogP contribution in [0.2, 0.25) is 0 Å². The molecule has 100 valence electrons. The van der Waals surface area contributed by atoms with Gasteiger partial charge in [-0.3, -0.25) is 0 Å². The first-order valence-corrected chi connectivity index (χ1v) is 6.55. The van der Waals surface area contributed by atoms with Crippen molar-refractivity contribution in [3.63, 3.8) is 0 Å². The van der Waals surface area contributed by atoms with Crippen LogP contribution in [0.15, 0.2) is 48.5 Å². The average molecular weight is 256 g/mol. The van der Waals surface area contributed by atoms with Gasteiger partial charge in [0, 0.05) is 0 Å². The standard InChI is InChI=1S/C17H20O2/c1-12-8-10-15(11-9-12)17(18)14(3)19-16-7-5-4-6-13(16)2/h4-11,14,17-18H,1-3H3. The molecule has 0 saturated carbocycles. The van der Waals surface area contributed by atoms with Crippen molar-refractivity contribution in [2.45, 2.75) is 33.0 Å². The summed E-state index contributed by atoms with van der Waals surface area (Å²) in [4.78, 5) is 0. The van der Waals surface area contributed by atoms with Crippen molar-refractivity contribution in [3.8, 4) is 5.75 Å². The molecule has 2 nitrogen and oxygen atoms in total. The predicted octanol–water partition coefficient (Wildman–Crippen LogP) is 3.80. The van der Waals surface area contributed by atoms with Crippen LogP contribution in [0.4, 0.5) is 0 Å². The molecule has 1 N–H and O–H groups in total.